The zero-order valence-corrected chi connectivity index (χ0v) is 14.9. The maximum atomic E-state index is 13.5. The second-order valence-electron chi connectivity index (χ2n) is 5.84. The molecule has 0 aliphatic carbocycles. The van der Waals surface area contributed by atoms with Crippen molar-refractivity contribution in [1.29, 1.82) is 0 Å². The Labute approximate surface area is 160 Å². The SMILES string of the molecule is Cn1cnc2c(=O)n(-c3ccc(Cl)cc3)c(Oc3cc(F)c(F)c(F)c3)nc21. The third kappa shape index (κ3) is 2.99. The zero-order chi connectivity index (χ0) is 20.0. The third-order valence-electron chi connectivity index (χ3n) is 3.96. The van der Waals surface area contributed by atoms with Gasteiger partial charge in [-0.2, -0.15) is 4.98 Å². The molecule has 0 saturated carbocycles. The smallest absolute Gasteiger partial charge is 0.311 e. The van der Waals surface area contributed by atoms with Crippen molar-refractivity contribution < 1.29 is 17.9 Å². The van der Waals surface area contributed by atoms with Gasteiger partial charge >= 0.3 is 6.01 Å². The number of benzene rings is 2. The van der Waals surface area contributed by atoms with Crippen molar-refractivity contribution in [2.24, 2.45) is 7.05 Å². The Morgan fingerprint density at radius 2 is 1.71 bits per heavy atom. The van der Waals surface area contributed by atoms with Crippen molar-refractivity contribution in [2.75, 3.05) is 0 Å². The molecular formula is C18H10ClF3N4O2. The molecule has 0 amide bonds. The number of fused-ring (bicyclic) bond motifs is 1. The first kappa shape index (κ1) is 18.1. The lowest BCUT2D eigenvalue weighted by molar-refractivity contribution is 0.401. The number of nitrogens with zero attached hydrogens (tertiary/aromatic N) is 4. The lowest BCUT2D eigenvalue weighted by Gasteiger charge is -2.13. The van der Waals surface area contributed by atoms with Crippen LogP contribution in [0.3, 0.4) is 0 Å². The van der Waals surface area contributed by atoms with Crippen molar-refractivity contribution in [2.45, 2.75) is 0 Å². The molecule has 0 aliphatic rings. The fourth-order valence-corrected chi connectivity index (χ4v) is 2.75. The molecule has 6 nitrogen and oxygen atoms in total. The van der Waals surface area contributed by atoms with E-state index in [9.17, 15) is 18.0 Å². The van der Waals surface area contributed by atoms with E-state index in [1.165, 1.54) is 10.9 Å². The van der Waals surface area contributed by atoms with E-state index in [0.717, 1.165) is 4.57 Å². The maximum Gasteiger partial charge on any atom is 0.311 e. The van der Waals surface area contributed by atoms with Gasteiger partial charge in [0.15, 0.2) is 28.6 Å². The van der Waals surface area contributed by atoms with E-state index in [-0.39, 0.29) is 22.9 Å². The van der Waals surface area contributed by atoms with E-state index in [2.05, 4.69) is 9.97 Å². The molecule has 28 heavy (non-hydrogen) atoms. The molecule has 0 unspecified atom stereocenters. The highest BCUT2D eigenvalue weighted by atomic mass is 35.5. The topological polar surface area (TPSA) is 61.9 Å². The molecular weight excluding hydrogens is 397 g/mol. The van der Waals surface area contributed by atoms with Crippen LogP contribution in [0.15, 0.2) is 47.5 Å². The Bertz CT molecular complexity index is 1250. The van der Waals surface area contributed by atoms with Crippen LogP contribution in [0.5, 0.6) is 11.8 Å². The Morgan fingerprint density at radius 1 is 1.07 bits per heavy atom. The van der Waals surface area contributed by atoms with Gasteiger partial charge in [-0.15, -0.1) is 0 Å². The normalized spacial score (nSPS) is 11.2. The Kier molecular flexibility index (Phi) is 4.31. The molecule has 0 saturated heterocycles. The lowest BCUT2D eigenvalue weighted by Crippen LogP contribution is -2.22. The molecule has 0 bridgehead atoms. The van der Waals surface area contributed by atoms with Gasteiger partial charge in [-0.25, -0.2) is 22.7 Å². The largest absolute Gasteiger partial charge is 0.425 e. The maximum absolute atomic E-state index is 13.5. The number of imidazole rings is 1. The number of halogens is 4. The molecule has 2 aromatic heterocycles. The van der Waals surface area contributed by atoms with Crippen LogP contribution in [0.25, 0.3) is 16.9 Å². The summed E-state index contributed by atoms with van der Waals surface area (Å²) in [7, 11) is 1.62. The number of ether oxygens (including phenoxy) is 1. The first-order valence-electron chi connectivity index (χ1n) is 7.87. The van der Waals surface area contributed by atoms with Gasteiger partial charge in [-0.3, -0.25) is 4.79 Å². The number of hydrogen-bond acceptors (Lipinski definition) is 4. The quantitative estimate of drug-likeness (QED) is 0.483. The van der Waals surface area contributed by atoms with Gasteiger partial charge < -0.3 is 9.30 Å². The van der Waals surface area contributed by atoms with Crippen molar-refractivity contribution in [1.82, 2.24) is 19.1 Å². The summed E-state index contributed by atoms with van der Waals surface area (Å²) < 4.78 is 48.3. The monoisotopic (exact) mass is 406 g/mol. The highest BCUT2D eigenvalue weighted by Crippen LogP contribution is 2.26. The Balaban J connectivity index is 1.95. The fourth-order valence-electron chi connectivity index (χ4n) is 2.62. The molecule has 4 rings (SSSR count). The molecule has 0 radical (unpaired) electrons. The summed E-state index contributed by atoms with van der Waals surface area (Å²) in [5.41, 5.74) is 0.0491. The first-order valence-corrected chi connectivity index (χ1v) is 8.25. The summed E-state index contributed by atoms with van der Waals surface area (Å²) in [4.78, 5) is 21.2. The zero-order valence-electron chi connectivity index (χ0n) is 14.2. The van der Waals surface area contributed by atoms with Gasteiger partial charge in [0.2, 0.25) is 0 Å². The molecule has 0 spiro atoms. The highest BCUT2D eigenvalue weighted by molar-refractivity contribution is 6.30. The first-order chi connectivity index (χ1) is 13.3. The summed E-state index contributed by atoms with van der Waals surface area (Å²) in [6, 6.07) is 7.21. The van der Waals surface area contributed by atoms with Crippen LogP contribution in [0.4, 0.5) is 13.2 Å². The van der Waals surface area contributed by atoms with Crippen molar-refractivity contribution >= 4 is 22.8 Å². The number of aryl methyl sites for hydroxylation is 1. The molecule has 0 fully saturated rings. The minimum atomic E-state index is -1.63. The third-order valence-corrected chi connectivity index (χ3v) is 4.21. The molecule has 2 heterocycles. The molecule has 2 aromatic carbocycles. The standard InChI is InChI=1S/C18H10ClF3N4O2/c1-25-8-23-15-16(25)24-18(28-11-6-12(20)14(22)13(21)7-11)26(17(15)27)10-4-2-9(19)3-5-10/h2-8H,1H3. The van der Waals surface area contributed by atoms with Gasteiger partial charge in [-0.05, 0) is 24.3 Å². The lowest BCUT2D eigenvalue weighted by atomic mass is 10.3. The minimum Gasteiger partial charge on any atom is -0.425 e. The van der Waals surface area contributed by atoms with E-state index >= 15 is 0 Å². The Hall–Kier alpha value is -3.33. The van der Waals surface area contributed by atoms with Gasteiger partial charge in [0.1, 0.15) is 5.75 Å². The van der Waals surface area contributed by atoms with E-state index in [1.807, 2.05) is 0 Å². The summed E-state index contributed by atoms with van der Waals surface area (Å²) in [6.07, 6.45) is 1.40. The van der Waals surface area contributed by atoms with Gasteiger partial charge in [0.05, 0.1) is 12.0 Å². The van der Waals surface area contributed by atoms with E-state index in [4.69, 9.17) is 16.3 Å². The van der Waals surface area contributed by atoms with E-state index in [1.54, 1.807) is 31.3 Å². The van der Waals surface area contributed by atoms with Crippen LogP contribution in [-0.2, 0) is 7.05 Å². The van der Waals surface area contributed by atoms with Crippen LogP contribution in [-0.4, -0.2) is 19.1 Å². The van der Waals surface area contributed by atoms with Crippen molar-refractivity contribution in [3.05, 3.63) is 75.6 Å². The van der Waals surface area contributed by atoms with Crippen LogP contribution in [0.2, 0.25) is 5.02 Å². The average molecular weight is 407 g/mol. The van der Waals surface area contributed by atoms with Gasteiger partial charge in [0.25, 0.3) is 5.56 Å². The molecule has 4 aromatic rings. The van der Waals surface area contributed by atoms with Crippen molar-refractivity contribution in [3.8, 4) is 17.4 Å². The second-order valence-corrected chi connectivity index (χ2v) is 6.28. The predicted octanol–water partition coefficient (Wildman–Crippen LogP) is 3.98. The average Bonchev–Trinajstić information content (AvgIpc) is 3.02. The molecule has 142 valence electrons. The van der Waals surface area contributed by atoms with E-state index < -0.39 is 23.0 Å². The van der Waals surface area contributed by atoms with Crippen LogP contribution >= 0.6 is 11.6 Å². The molecule has 0 N–H and O–H groups in total. The van der Waals surface area contributed by atoms with Crippen LogP contribution in [0, 0.1) is 17.5 Å². The summed E-state index contributed by atoms with van der Waals surface area (Å²) in [6.45, 7) is 0. The number of aromatic nitrogens is 4. The van der Waals surface area contributed by atoms with Crippen LogP contribution < -0.4 is 10.3 Å². The van der Waals surface area contributed by atoms with Crippen molar-refractivity contribution in [3.63, 3.8) is 0 Å². The summed E-state index contributed by atoms with van der Waals surface area (Å²) in [5.74, 6) is -4.86. The number of rotatable bonds is 3. The highest BCUT2D eigenvalue weighted by Gasteiger charge is 2.19. The predicted molar refractivity (Wildman–Crippen MR) is 95.5 cm³/mol. The van der Waals surface area contributed by atoms with Crippen LogP contribution in [0.1, 0.15) is 0 Å². The fraction of sp³-hybridized carbons (Fsp3) is 0.0556. The van der Waals surface area contributed by atoms with Gasteiger partial charge in [-0.1, -0.05) is 11.6 Å². The van der Waals surface area contributed by atoms with E-state index in [0.29, 0.717) is 22.8 Å². The molecule has 0 atom stereocenters. The minimum absolute atomic E-state index is 0.0706. The number of hydrogen-bond donors (Lipinski definition) is 0. The summed E-state index contributed by atoms with van der Waals surface area (Å²) in [5, 5.41) is 0.439. The molecule has 0 aliphatic heterocycles. The Morgan fingerprint density at radius 3 is 2.36 bits per heavy atom. The van der Waals surface area contributed by atoms with Gasteiger partial charge in [0, 0.05) is 24.2 Å². The summed E-state index contributed by atoms with van der Waals surface area (Å²) >= 11 is 5.89. The molecule has 10 heteroatoms. The second kappa shape index (κ2) is 6.68.